The number of aryl methyl sites for hydroxylation is 2. The summed E-state index contributed by atoms with van der Waals surface area (Å²) in [6, 6.07) is 21.4. The van der Waals surface area contributed by atoms with E-state index in [9.17, 15) is 9.59 Å². The normalized spacial score (nSPS) is 19.3. The molecule has 0 spiro atoms. The highest BCUT2D eigenvalue weighted by Crippen LogP contribution is 2.27. The van der Waals surface area contributed by atoms with Crippen LogP contribution in [-0.2, 0) is 4.79 Å². The summed E-state index contributed by atoms with van der Waals surface area (Å²) in [6.07, 6.45) is 1.87. The smallest absolute Gasteiger partial charge is 0.304 e. The number of hydrazine groups is 1. The van der Waals surface area contributed by atoms with Gasteiger partial charge in [0.2, 0.25) is 12.3 Å². The summed E-state index contributed by atoms with van der Waals surface area (Å²) < 4.78 is 1.75. The van der Waals surface area contributed by atoms with E-state index in [1.54, 1.807) is 28.9 Å². The number of carbonyl (C=O) groups is 2. The van der Waals surface area contributed by atoms with Crippen LogP contribution in [0.2, 0.25) is 5.02 Å². The molecule has 0 unspecified atom stereocenters. The minimum Gasteiger partial charge on any atom is -0.334 e. The fourth-order valence-corrected chi connectivity index (χ4v) is 3.79. The number of hydrazone groups is 1. The molecule has 3 aromatic rings. The first-order valence-corrected chi connectivity index (χ1v) is 10.4. The molecule has 0 radical (unpaired) electrons. The van der Waals surface area contributed by atoms with Crippen LogP contribution in [-0.4, -0.2) is 28.8 Å². The van der Waals surface area contributed by atoms with E-state index < -0.39 is 12.1 Å². The van der Waals surface area contributed by atoms with Crippen molar-refractivity contribution in [1.29, 1.82) is 0 Å². The van der Waals surface area contributed by atoms with Crippen LogP contribution in [0.5, 0.6) is 0 Å². The first-order valence-electron chi connectivity index (χ1n) is 10.0. The fourth-order valence-electron chi connectivity index (χ4n) is 3.66. The van der Waals surface area contributed by atoms with Gasteiger partial charge < -0.3 is 5.32 Å². The van der Waals surface area contributed by atoms with E-state index in [1.165, 1.54) is 0 Å². The monoisotopic (exact) mass is 432 g/mol. The molecule has 0 saturated carbocycles. The van der Waals surface area contributed by atoms with Crippen LogP contribution in [0.25, 0.3) is 0 Å². The summed E-state index contributed by atoms with van der Waals surface area (Å²) in [5.74, 6) is -0.565. The summed E-state index contributed by atoms with van der Waals surface area (Å²) in [7, 11) is 0. The summed E-state index contributed by atoms with van der Waals surface area (Å²) >= 11 is 6.07. The van der Waals surface area contributed by atoms with Crippen molar-refractivity contribution < 1.29 is 14.3 Å². The Morgan fingerprint density at radius 1 is 1.00 bits per heavy atom. The van der Waals surface area contributed by atoms with Crippen LogP contribution in [0.3, 0.4) is 0 Å². The van der Waals surface area contributed by atoms with Gasteiger partial charge in [-0.2, -0.15) is 0 Å². The SMILES string of the molecule is Cc1ccc(/C=[N+]2\NC(=O)[C@H](NC(=O)c3cccc(C)c3)[C@H]2c2ccc(Cl)cc2)cc1. The predicted octanol–water partition coefficient (Wildman–Crippen LogP) is 3.97. The standard InChI is InChI=1S/C25H22ClN3O2/c1-16-6-8-18(9-7-16)15-29-23(19-10-12-21(26)13-11-19)22(25(31)28-29)27-24(30)20-5-3-4-17(2)14-20/h3-15,22-23H,1-2H3,(H-,27,28,30,31)/p+1/b29-15-/t22-,23-/m1/s1. The Labute approximate surface area is 186 Å². The van der Waals surface area contributed by atoms with Crippen LogP contribution in [0.1, 0.15) is 38.7 Å². The highest BCUT2D eigenvalue weighted by Gasteiger charge is 2.47. The Hall–Kier alpha value is -3.44. The lowest BCUT2D eigenvalue weighted by atomic mass is 9.99. The quantitative estimate of drug-likeness (QED) is 0.613. The van der Waals surface area contributed by atoms with Crippen LogP contribution >= 0.6 is 11.6 Å². The molecule has 1 aliphatic heterocycles. The first kappa shape index (κ1) is 20.8. The van der Waals surface area contributed by atoms with Crippen LogP contribution in [0.15, 0.2) is 72.8 Å². The number of benzene rings is 3. The lowest BCUT2D eigenvalue weighted by molar-refractivity contribution is -0.596. The Morgan fingerprint density at radius 2 is 1.71 bits per heavy atom. The average molecular weight is 433 g/mol. The van der Waals surface area contributed by atoms with Crippen LogP contribution in [0, 0.1) is 13.8 Å². The van der Waals surface area contributed by atoms with Gasteiger partial charge in [-0.25, -0.2) is 0 Å². The molecular formula is C25H23ClN3O2+. The molecular weight excluding hydrogens is 410 g/mol. The van der Waals surface area contributed by atoms with Gasteiger partial charge in [0, 0.05) is 21.7 Å². The maximum absolute atomic E-state index is 12.9. The van der Waals surface area contributed by atoms with Crippen LogP contribution < -0.4 is 10.7 Å². The predicted molar refractivity (Wildman–Crippen MR) is 121 cm³/mol. The van der Waals surface area contributed by atoms with Gasteiger partial charge in [0.1, 0.15) is 0 Å². The minimum absolute atomic E-state index is 0.274. The molecule has 156 valence electrons. The molecule has 1 saturated heterocycles. The Bertz CT molecular complexity index is 1150. The maximum atomic E-state index is 12.9. The molecule has 2 N–H and O–H groups in total. The lowest BCUT2D eigenvalue weighted by Gasteiger charge is -2.15. The van der Waals surface area contributed by atoms with E-state index in [4.69, 9.17) is 11.6 Å². The molecule has 1 aliphatic rings. The van der Waals surface area contributed by atoms with Crippen molar-refractivity contribution in [2.45, 2.75) is 25.9 Å². The fraction of sp³-hybridized carbons (Fsp3) is 0.160. The number of nitrogens with zero attached hydrogens (tertiary/aromatic N) is 1. The Kier molecular flexibility index (Phi) is 5.87. The molecule has 31 heavy (non-hydrogen) atoms. The second kappa shape index (κ2) is 8.74. The lowest BCUT2D eigenvalue weighted by Crippen LogP contribution is -2.42. The number of halogens is 1. The molecule has 6 heteroatoms. The maximum Gasteiger partial charge on any atom is 0.304 e. The van der Waals surface area contributed by atoms with Crippen molar-refractivity contribution in [2.24, 2.45) is 0 Å². The second-order valence-corrected chi connectivity index (χ2v) is 8.18. The van der Waals surface area contributed by atoms with Gasteiger partial charge in [-0.15, -0.1) is 10.1 Å². The number of hydrogen-bond donors (Lipinski definition) is 2. The van der Waals surface area contributed by atoms with Gasteiger partial charge >= 0.3 is 5.91 Å². The van der Waals surface area contributed by atoms with E-state index >= 15 is 0 Å². The summed E-state index contributed by atoms with van der Waals surface area (Å²) in [5, 5.41) is 3.52. The van der Waals surface area contributed by atoms with Crippen molar-refractivity contribution >= 4 is 29.6 Å². The zero-order valence-corrected chi connectivity index (χ0v) is 18.1. The molecule has 0 bridgehead atoms. The van der Waals surface area contributed by atoms with Gasteiger partial charge in [-0.1, -0.05) is 59.1 Å². The highest BCUT2D eigenvalue weighted by molar-refractivity contribution is 6.30. The third kappa shape index (κ3) is 4.67. The van der Waals surface area contributed by atoms with Gasteiger partial charge in [-0.05, 0) is 50.2 Å². The van der Waals surface area contributed by atoms with Crippen molar-refractivity contribution in [2.75, 3.05) is 0 Å². The molecule has 4 rings (SSSR count). The first-order chi connectivity index (χ1) is 14.9. The molecule has 0 aliphatic carbocycles. The van der Waals surface area contributed by atoms with Crippen molar-refractivity contribution in [3.63, 3.8) is 0 Å². The number of carbonyl (C=O) groups excluding carboxylic acids is 2. The van der Waals surface area contributed by atoms with E-state index in [1.807, 2.05) is 68.6 Å². The average Bonchev–Trinajstić information content (AvgIpc) is 3.05. The molecule has 3 aromatic carbocycles. The molecule has 2 atom stereocenters. The second-order valence-electron chi connectivity index (χ2n) is 7.74. The van der Waals surface area contributed by atoms with E-state index in [2.05, 4.69) is 10.7 Å². The van der Waals surface area contributed by atoms with Gasteiger partial charge in [0.15, 0.2) is 6.04 Å². The van der Waals surface area contributed by atoms with E-state index in [-0.39, 0.29) is 11.8 Å². The zero-order chi connectivity index (χ0) is 22.0. The van der Waals surface area contributed by atoms with Crippen molar-refractivity contribution in [1.82, 2.24) is 10.7 Å². The van der Waals surface area contributed by atoms with E-state index in [0.717, 1.165) is 22.3 Å². The van der Waals surface area contributed by atoms with Gasteiger partial charge in [0.25, 0.3) is 5.91 Å². The largest absolute Gasteiger partial charge is 0.334 e. The van der Waals surface area contributed by atoms with Crippen molar-refractivity contribution in [3.8, 4) is 0 Å². The Balaban J connectivity index is 1.70. The summed E-state index contributed by atoms with van der Waals surface area (Å²) in [4.78, 5) is 25.8. The topological polar surface area (TPSA) is 61.2 Å². The zero-order valence-electron chi connectivity index (χ0n) is 17.3. The number of hydrogen-bond acceptors (Lipinski definition) is 2. The Morgan fingerprint density at radius 3 is 2.39 bits per heavy atom. The van der Waals surface area contributed by atoms with E-state index in [0.29, 0.717) is 10.6 Å². The molecule has 1 fully saturated rings. The van der Waals surface area contributed by atoms with Gasteiger partial charge in [-0.3, -0.25) is 9.59 Å². The third-order valence-electron chi connectivity index (χ3n) is 5.28. The van der Waals surface area contributed by atoms with Crippen LogP contribution in [0.4, 0.5) is 0 Å². The highest BCUT2D eigenvalue weighted by atomic mass is 35.5. The summed E-state index contributed by atoms with van der Waals surface area (Å²) in [6.45, 7) is 3.95. The third-order valence-corrected chi connectivity index (χ3v) is 5.53. The molecule has 5 nitrogen and oxygen atoms in total. The number of nitrogens with one attached hydrogen (secondary N) is 2. The van der Waals surface area contributed by atoms with Crippen molar-refractivity contribution in [3.05, 3.63) is 106 Å². The molecule has 0 aromatic heterocycles. The molecule has 1 heterocycles. The van der Waals surface area contributed by atoms with Gasteiger partial charge in [0.05, 0.1) is 0 Å². The molecule has 2 amide bonds. The number of rotatable bonds is 4. The minimum atomic E-state index is -0.768. The summed E-state index contributed by atoms with van der Waals surface area (Å²) in [5.41, 5.74) is 7.34. The number of amides is 2.